The topological polar surface area (TPSA) is 69.6 Å². The van der Waals surface area contributed by atoms with Crippen molar-refractivity contribution in [1.29, 1.82) is 0 Å². The van der Waals surface area contributed by atoms with Gasteiger partial charge in [0.25, 0.3) is 0 Å². The van der Waals surface area contributed by atoms with Crippen LogP contribution in [0.1, 0.15) is 58.8 Å². The summed E-state index contributed by atoms with van der Waals surface area (Å²) in [6.07, 6.45) is 5.55. The normalized spacial score (nSPS) is 31.9. The van der Waals surface area contributed by atoms with E-state index in [9.17, 15) is 14.7 Å². The smallest absolute Gasteiger partial charge is 0.243 e. The average molecular weight is 296 g/mol. The molecule has 2 fully saturated rings. The van der Waals surface area contributed by atoms with Crippen LogP contribution in [0.3, 0.4) is 0 Å². The van der Waals surface area contributed by atoms with Crippen LogP contribution in [0.25, 0.3) is 0 Å². The zero-order valence-corrected chi connectivity index (χ0v) is 13.2. The lowest BCUT2D eigenvalue weighted by molar-refractivity contribution is -0.138. The maximum atomic E-state index is 12.3. The fourth-order valence-corrected chi connectivity index (χ4v) is 3.53. The Morgan fingerprint density at radius 1 is 1.24 bits per heavy atom. The molecule has 2 aliphatic rings. The molecule has 1 aliphatic carbocycles. The summed E-state index contributed by atoms with van der Waals surface area (Å²) < 4.78 is 0. The Morgan fingerprint density at radius 3 is 2.43 bits per heavy atom. The highest BCUT2D eigenvalue weighted by molar-refractivity contribution is 5.98. The van der Waals surface area contributed by atoms with E-state index in [4.69, 9.17) is 0 Å². The lowest BCUT2D eigenvalue weighted by atomic mass is 9.82. The number of likely N-dealkylation sites (tertiary alicyclic amines) is 1. The first kappa shape index (κ1) is 16.4. The van der Waals surface area contributed by atoms with Gasteiger partial charge < -0.3 is 5.11 Å². The monoisotopic (exact) mass is 296 g/mol. The van der Waals surface area contributed by atoms with E-state index >= 15 is 0 Å². The molecule has 1 saturated heterocycles. The Morgan fingerprint density at radius 2 is 1.90 bits per heavy atom. The van der Waals surface area contributed by atoms with Gasteiger partial charge in [0, 0.05) is 12.5 Å². The van der Waals surface area contributed by atoms with Crippen LogP contribution in [0.4, 0.5) is 0 Å². The number of imide groups is 1. The molecule has 5 heteroatoms. The predicted octanol–water partition coefficient (Wildman–Crippen LogP) is 1.65. The van der Waals surface area contributed by atoms with Crippen molar-refractivity contribution in [2.24, 2.45) is 11.8 Å². The molecule has 2 N–H and O–H groups in total. The number of carbonyl (C=O) groups is 2. The molecule has 0 aromatic carbocycles. The number of carbonyl (C=O) groups excluding carboxylic acids is 2. The van der Waals surface area contributed by atoms with Crippen molar-refractivity contribution >= 4 is 11.8 Å². The Labute approximate surface area is 127 Å². The van der Waals surface area contributed by atoms with Crippen molar-refractivity contribution in [2.45, 2.75) is 71.1 Å². The minimum absolute atomic E-state index is 0.0221. The van der Waals surface area contributed by atoms with E-state index in [2.05, 4.69) is 12.2 Å². The van der Waals surface area contributed by atoms with Crippen LogP contribution >= 0.6 is 0 Å². The molecule has 0 spiro atoms. The number of aliphatic hydroxyl groups is 1. The summed E-state index contributed by atoms with van der Waals surface area (Å²) in [6.45, 7) is 4.85. The molecular formula is C16H28N2O3. The Balaban J connectivity index is 1.88. The summed E-state index contributed by atoms with van der Waals surface area (Å²) in [4.78, 5) is 26.4. The van der Waals surface area contributed by atoms with Gasteiger partial charge in [-0.1, -0.05) is 13.8 Å². The van der Waals surface area contributed by atoms with Crippen LogP contribution in [0.15, 0.2) is 0 Å². The fourth-order valence-electron chi connectivity index (χ4n) is 3.53. The van der Waals surface area contributed by atoms with Crippen LogP contribution in [-0.2, 0) is 9.59 Å². The number of amides is 2. The van der Waals surface area contributed by atoms with E-state index < -0.39 is 12.3 Å². The summed E-state index contributed by atoms with van der Waals surface area (Å²) in [6, 6.07) is -0.394. The van der Waals surface area contributed by atoms with E-state index in [-0.39, 0.29) is 17.7 Å². The van der Waals surface area contributed by atoms with Crippen LogP contribution in [0.5, 0.6) is 0 Å². The molecule has 0 aromatic rings. The lowest BCUT2D eigenvalue weighted by Crippen LogP contribution is -2.51. The predicted molar refractivity (Wildman–Crippen MR) is 80.3 cm³/mol. The molecule has 1 heterocycles. The summed E-state index contributed by atoms with van der Waals surface area (Å²) in [7, 11) is 0. The number of nitrogens with zero attached hydrogens (tertiary/aromatic N) is 1. The zero-order valence-electron chi connectivity index (χ0n) is 13.2. The molecule has 2 amide bonds. The standard InChI is InChI=1S/C16H28N2O3/c1-3-13(18-10-4-5-14(18)19)16(21)17-15(20)12-8-6-11(2)7-9-12/h11-14,19H,3-10H2,1-2H3,(H,17,20,21)/t11?,12?,13-,14?/m0/s1. The van der Waals surface area contributed by atoms with Gasteiger partial charge in [0.05, 0.1) is 6.04 Å². The summed E-state index contributed by atoms with van der Waals surface area (Å²) >= 11 is 0. The first-order valence-electron chi connectivity index (χ1n) is 8.31. The molecule has 0 bridgehead atoms. The Hall–Kier alpha value is -0.940. The second-order valence-corrected chi connectivity index (χ2v) is 6.60. The maximum absolute atomic E-state index is 12.3. The highest BCUT2D eigenvalue weighted by Gasteiger charge is 2.34. The molecule has 120 valence electrons. The Bertz CT molecular complexity index is 378. The largest absolute Gasteiger partial charge is 0.378 e. The van der Waals surface area contributed by atoms with E-state index in [1.165, 1.54) is 0 Å². The van der Waals surface area contributed by atoms with Gasteiger partial charge in [-0.15, -0.1) is 0 Å². The summed E-state index contributed by atoms with van der Waals surface area (Å²) in [5, 5.41) is 12.5. The molecule has 1 unspecified atom stereocenters. The van der Waals surface area contributed by atoms with Crippen molar-refractivity contribution in [3.05, 3.63) is 0 Å². The Kier molecular flexibility index (Phi) is 5.76. The molecule has 21 heavy (non-hydrogen) atoms. The molecule has 1 aliphatic heterocycles. The third-order valence-corrected chi connectivity index (χ3v) is 4.98. The van der Waals surface area contributed by atoms with E-state index in [0.29, 0.717) is 18.8 Å². The van der Waals surface area contributed by atoms with Crippen LogP contribution in [-0.4, -0.2) is 40.6 Å². The van der Waals surface area contributed by atoms with Gasteiger partial charge in [0.15, 0.2) is 0 Å². The van der Waals surface area contributed by atoms with E-state index in [1.54, 1.807) is 0 Å². The van der Waals surface area contributed by atoms with Crippen LogP contribution in [0, 0.1) is 11.8 Å². The molecule has 2 rings (SSSR count). The third kappa shape index (κ3) is 4.04. The number of nitrogens with one attached hydrogen (secondary N) is 1. The van der Waals surface area contributed by atoms with Crippen molar-refractivity contribution in [3.8, 4) is 0 Å². The van der Waals surface area contributed by atoms with Gasteiger partial charge in [0.2, 0.25) is 11.8 Å². The maximum Gasteiger partial charge on any atom is 0.243 e. The van der Waals surface area contributed by atoms with Crippen molar-refractivity contribution in [1.82, 2.24) is 10.2 Å². The molecular weight excluding hydrogens is 268 g/mol. The molecule has 5 nitrogen and oxygen atoms in total. The third-order valence-electron chi connectivity index (χ3n) is 4.98. The van der Waals surface area contributed by atoms with Crippen molar-refractivity contribution < 1.29 is 14.7 Å². The minimum Gasteiger partial charge on any atom is -0.378 e. The van der Waals surface area contributed by atoms with Crippen molar-refractivity contribution in [2.75, 3.05) is 6.54 Å². The van der Waals surface area contributed by atoms with Crippen LogP contribution in [0.2, 0.25) is 0 Å². The first-order chi connectivity index (χ1) is 10.0. The summed E-state index contributed by atoms with van der Waals surface area (Å²) in [5.41, 5.74) is 0. The molecule has 1 saturated carbocycles. The van der Waals surface area contributed by atoms with Crippen LogP contribution < -0.4 is 5.32 Å². The second kappa shape index (κ2) is 7.36. The molecule has 0 aromatic heterocycles. The highest BCUT2D eigenvalue weighted by atomic mass is 16.3. The quantitative estimate of drug-likeness (QED) is 0.827. The van der Waals surface area contributed by atoms with E-state index in [1.807, 2.05) is 11.8 Å². The van der Waals surface area contributed by atoms with Gasteiger partial charge in [-0.05, 0) is 50.9 Å². The molecule has 2 atom stereocenters. The van der Waals surface area contributed by atoms with Crippen molar-refractivity contribution in [3.63, 3.8) is 0 Å². The van der Waals surface area contributed by atoms with Gasteiger partial charge in [-0.25, -0.2) is 0 Å². The number of rotatable bonds is 4. The average Bonchev–Trinajstić information content (AvgIpc) is 2.86. The SMILES string of the molecule is CC[C@@H](C(=O)NC(=O)C1CCC(C)CC1)N1CCCC1O. The second-order valence-electron chi connectivity index (χ2n) is 6.60. The van der Waals surface area contributed by atoms with Gasteiger partial charge in [-0.3, -0.25) is 19.8 Å². The van der Waals surface area contributed by atoms with Gasteiger partial charge in [0.1, 0.15) is 6.23 Å². The first-order valence-corrected chi connectivity index (χ1v) is 8.31. The number of aliphatic hydroxyl groups excluding tert-OH is 1. The zero-order chi connectivity index (χ0) is 15.4. The molecule has 0 radical (unpaired) electrons. The number of hydrogen-bond acceptors (Lipinski definition) is 4. The van der Waals surface area contributed by atoms with Gasteiger partial charge >= 0.3 is 0 Å². The minimum atomic E-state index is -0.550. The van der Waals surface area contributed by atoms with Gasteiger partial charge in [-0.2, -0.15) is 0 Å². The summed E-state index contributed by atoms with van der Waals surface area (Å²) in [5.74, 6) is 0.292. The fraction of sp³-hybridized carbons (Fsp3) is 0.875. The number of hydrogen-bond donors (Lipinski definition) is 2. The van der Waals surface area contributed by atoms with E-state index in [0.717, 1.165) is 38.6 Å². The highest BCUT2D eigenvalue weighted by Crippen LogP contribution is 2.28. The lowest BCUT2D eigenvalue weighted by Gasteiger charge is -2.29.